The van der Waals surface area contributed by atoms with E-state index in [1.54, 1.807) is 45.9 Å². The molecule has 0 spiro atoms. The second kappa shape index (κ2) is 12.4. The summed E-state index contributed by atoms with van der Waals surface area (Å²) in [6.45, 7) is 5.03. The summed E-state index contributed by atoms with van der Waals surface area (Å²) in [5.41, 5.74) is 2.00. The second-order valence-corrected chi connectivity index (χ2v) is 12.7. The van der Waals surface area contributed by atoms with Crippen molar-refractivity contribution in [1.82, 2.24) is 14.3 Å². The minimum absolute atomic E-state index is 0.0292. The van der Waals surface area contributed by atoms with E-state index in [4.69, 9.17) is 9.72 Å². The van der Waals surface area contributed by atoms with Crippen LogP contribution in [0.5, 0.6) is 5.75 Å². The Morgan fingerprint density at radius 1 is 1.00 bits per heavy atom. The molecular weight excluding hydrogens is 544 g/mol. The molecule has 1 aliphatic carbocycles. The Morgan fingerprint density at radius 3 is 2.40 bits per heavy atom. The third-order valence-corrected chi connectivity index (χ3v) is 10.3. The lowest BCUT2D eigenvalue weighted by atomic mass is 9.95. The van der Waals surface area contributed by atoms with Gasteiger partial charge in [-0.2, -0.15) is 4.31 Å². The van der Waals surface area contributed by atoms with Crippen LogP contribution in [0.4, 0.5) is 5.13 Å². The van der Waals surface area contributed by atoms with E-state index in [2.05, 4.69) is 4.98 Å². The van der Waals surface area contributed by atoms with E-state index in [1.807, 2.05) is 44.2 Å². The smallest absolute Gasteiger partial charge is 0.260 e. The van der Waals surface area contributed by atoms with Gasteiger partial charge in [-0.1, -0.05) is 43.6 Å². The average molecular weight is 579 g/mol. The number of para-hydroxylation sites is 1. The van der Waals surface area contributed by atoms with Crippen molar-refractivity contribution in [3.05, 3.63) is 78.1 Å². The number of carbonyl (C=O) groups excluding carboxylic acids is 1. The number of pyridine rings is 1. The lowest BCUT2D eigenvalue weighted by molar-refractivity contribution is 0.0985. The van der Waals surface area contributed by atoms with Gasteiger partial charge in [-0.15, -0.1) is 0 Å². The number of rotatable bonds is 10. The topological polar surface area (TPSA) is 92.7 Å². The van der Waals surface area contributed by atoms with E-state index in [0.29, 0.717) is 35.1 Å². The lowest BCUT2D eigenvalue weighted by Crippen LogP contribution is -2.41. The summed E-state index contributed by atoms with van der Waals surface area (Å²) < 4.78 is 35.4. The van der Waals surface area contributed by atoms with Gasteiger partial charge >= 0.3 is 0 Å². The van der Waals surface area contributed by atoms with Crippen molar-refractivity contribution in [2.45, 2.75) is 63.4 Å². The molecule has 0 aliphatic heterocycles. The maximum Gasteiger partial charge on any atom is 0.260 e. The van der Waals surface area contributed by atoms with Crippen LogP contribution in [0.25, 0.3) is 10.2 Å². The molecule has 1 fully saturated rings. The Balaban J connectivity index is 1.46. The number of carbonyl (C=O) groups is 1. The Kier molecular flexibility index (Phi) is 8.78. The number of sulfonamides is 1. The number of nitrogens with zero attached hydrogens (tertiary/aromatic N) is 4. The third kappa shape index (κ3) is 5.89. The van der Waals surface area contributed by atoms with E-state index in [9.17, 15) is 13.2 Å². The molecule has 0 bridgehead atoms. The molecule has 8 nitrogen and oxygen atoms in total. The Hall–Kier alpha value is -3.34. The molecule has 0 N–H and O–H groups in total. The van der Waals surface area contributed by atoms with Gasteiger partial charge in [0.05, 0.1) is 22.7 Å². The summed E-state index contributed by atoms with van der Waals surface area (Å²) in [7, 11) is -3.66. The van der Waals surface area contributed by atoms with Gasteiger partial charge in [0, 0.05) is 30.5 Å². The zero-order chi connectivity index (χ0) is 28.1. The van der Waals surface area contributed by atoms with Crippen molar-refractivity contribution in [3.8, 4) is 5.75 Å². The first-order valence-corrected chi connectivity index (χ1v) is 16.0. The molecule has 210 valence electrons. The Bertz CT molecular complexity index is 1550. The number of benzene rings is 2. The van der Waals surface area contributed by atoms with Crippen LogP contribution in [0.3, 0.4) is 0 Å². The number of ether oxygens (including phenoxy) is 1. The SMILES string of the molecule is CCOc1cccc2sc(N(Cc3ccncc3)C(=O)c3ccc(S(=O)(=O)N(CC)C4CCCCC4)cc3)nc12. The van der Waals surface area contributed by atoms with Gasteiger partial charge in [-0.05, 0) is 73.9 Å². The highest BCUT2D eigenvalue weighted by Gasteiger charge is 2.31. The van der Waals surface area contributed by atoms with Gasteiger partial charge in [0.15, 0.2) is 5.13 Å². The maximum atomic E-state index is 13.9. The van der Waals surface area contributed by atoms with Crippen molar-refractivity contribution < 1.29 is 17.9 Å². The van der Waals surface area contributed by atoms with Crippen LogP contribution in [-0.4, -0.2) is 47.8 Å². The fourth-order valence-electron chi connectivity index (χ4n) is 5.25. The summed E-state index contributed by atoms with van der Waals surface area (Å²) in [5, 5.41) is 0.537. The molecule has 5 rings (SSSR count). The van der Waals surface area contributed by atoms with E-state index >= 15 is 0 Å². The summed E-state index contributed by atoms with van der Waals surface area (Å²) in [6.07, 6.45) is 8.42. The van der Waals surface area contributed by atoms with Crippen LogP contribution >= 0.6 is 11.3 Å². The molecule has 4 aromatic rings. The highest BCUT2D eigenvalue weighted by Crippen LogP contribution is 2.36. The lowest BCUT2D eigenvalue weighted by Gasteiger charge is -2.32. The van der Waals surface area contributed by atoms with E-state index in [0.717, 1.165) is 42.4 Å². The average Bonchev–Trinajstić information content (AvgIpc) is 3.42. The molecule has 0 saturated heterocycles. The molecule has 40 heavy (non-hydrogen) atoms. The molecular formula is C30H34N4O4S2. The summed E-state index contributed by atoms with van der Waals surface area (Å²) in [5.74, 6) is 0.407. The zero-order valence-corrected chi connectivity index (χ0v) is 24.5. The number of amides is 1. The van der Waals surface area contributed by atoms with Crippen molar-refractivity contribution in [2.75, 3.05) is 18.1 Å². The highest BCUT2D eigenvalue weighted by atomic mass is 32.2. The van der Waals surface area contributed by atoms with Gasteiger partial charge in [-0.3, -0.25) is 14.7 Å². The molecule has 1 aliphatic rings. The number of anilines is 1. The Labute approximate surface area is 239 Å². The van der Waals surface area contributed by atoms with Crippen LogP contribution in [0.1, 0.15) is 61.9 Å². The largest absolute Gasteiger partial charge is 0.492 e. The number of fused-ring (bicyclic) bond motifs is 1. The normalized spacial score (nSPS) is 14.5. The first-order valence-electron chi connectivity index (χ1n) is 13.8. The van der Waals surface area contributed by atoms with Crippen molar-refractivity contribution in [3.63, 3.8) is 0 Å². The number of hydrogen-bond donors (Lipinski definition) is 0. The van der Waals surface area contributed by atoms with Gasteiger partial charge in [0.1, 0.15) is 11.3 Å². The van der Waals surface area contributed by atoms with E-state index in [1.165, 1.54) is 11.3 Å². The maximum absolute atomic E-state index is 13.9. The van der Waals surface area contributed by atoms with Gasteiger partial charge in [0.2, 0.25) is 10.0 Å². The minimum atomic E-state index is -3.66. The van der Waals surface area contributed by atoms with E-state index < -0.39 is 10.0 Å². The highest BCUT2D eigenvalue weighted by molar-refractivity contribution is 7.89. The fourth-order valence-corrected chi connectivity index (χ4v) is 7.93. The fraction of sp³-hybridized carbons (Fsp3) is 0.367. The van der Waals surface area contributed by atoms with Crippen molar-refractivity contribution in [2.24, 2.45) is 0 Å². The number of hydrogen-bond acceptors (Lipinski definition) is 7. The van der Waals surface area contributed by atoms with Crippen LogP contribution in [-0.2, 0) is 16.6 Å². The first-order chi connectivity index (χ1) is 19.4. The van der Waals surface area contributed by atoms with Crippen LogP contribution in [0.15, 0.2) is 71.9 Å². The predicted octanol–water partition coefficient (Wildman–Crippen LogP) is 6.28. The number of thiazole rings is 1. The predicted molar refractivity (Wildman–Crippen MR) is 158 cm³/mol. The summed E-state index contributed by atoms with van der Waals surface area (Å²) in [4.78, 5) is 24.6. The summed E-state index contributed by atoms with van der Waals surface area (Å²) in [6, 6.07) is 15.8. The molecule has 1 amide bonds. The first kappa shape index (κ1) is 28.2. The quantitative estimate of drug-likeness (QED) is 0.220. The molecule has 2 aromatic carbocycles. The third-order valence-electron chi connectivity index (χ3n) is 7.24. The molecule has 0 atom stereocenters. The van der Waals surface area contributed by atoms with Crippen LogP contribution in [0, 0.1) is 0 Å². The van der Waals surface area contributed by atoms with Gasteiger partial charge < -0.3 is 4.74 Å². The molecule has 1 saturated carbocycles. The monoisotopic (exact) mass is 578 g/mol. The second-order valence-electron chi connectivity index (χ2n) is 9.80. The molecule has 2 aromatic heterocycles. The molecule has 0 radical (unpaired) electrons. The minimum Gasteiger partial charge on any atom is -0.492 e. The van der Waals surface area contributed by atoms with Crippen LogP contribution in [0.2, 0.25) is 0 Å². The van der Waals surface area contributed by atoms with Gasteiger partial charge in [-0.25, -0.2) is 13.4 Å². The van der Waals surface area contributed by atoms with Crippen molar-refractivity contribution >= 4 is 42.6 Å². The van der Waals surface area contributed by atoms with Crippen molar-refractivity contribution in [1.29, 1.82) is 0 Å². The van der Waals surface area contributed by atoms with E-state index in [-0.39, 0.29) is 23.4 Å². The zero-order valence-electron chi connectivity index (χ0n) is 22.8. The van der Waals surface area contributed by atoms with Gasteiger partial charge in [0.25, 0.3) is 5.91 Å². The number of aromatic nitrogens is 2. The standard InChI is InChI=1S/C30H34N4O4S2/c1-3-34(24-9-6-5-7-10-24)40(36,37)25-15-13-23(14-16-25)29(35)33(21-22-17-19-31-20-18-22)30-32-28-26(38-4-2)11-8-12-27(28)39-30/h8,11-20,24H,3-7,9-10,21H2,1-2H3. The Morgan fingerprint density at radius 2 is 1.73 bits per heavy atom. The molecule has 10 heteroatoms. The van der Waals surface area contributed by atoms with Crippen LogP contribution < -0.4 is 9.64 Å². The summed E-state index contributed by atoms with van der Waals surface area (Å²) >= 11 is 1.41. The molecule has 0 unspecified atom stereocenters. The molecule has 2 heterocycles.